The van der Waals surface area contributed by atoms with Crippen molar-refractivity contribution in [3.63, 3.8) is 0 Å². The van der Waals surface area contributed by atoms with Gasteiger partial charge in [0.2, 0.25) is 0 Å². The average molecular weight is 338 g/mol. The number of benzene rings is 1. The van der Waals surface area contributed by atoms with Crippen molar-refractivity contribution >= 4 is 15.9 Å². The molecule has 0 spiro atoms. The largest absolute Gasteiger partial charge is 0.396 e. The molecule has 2 aromatic rings. The molecular formula is C15H20BrN3O. The smallest absolute Gasteiger partial charge is 0.138 e. The Hall–Kier alpha value is -1.20. The van der Waals surface area contributed by atoms with Gasteiger partial charge in [-0.1, -0.05) is 48.0 Å². The highest BCUT2D eigenvalue weighted by Gasteiger charge is 2.17. The molecule has 4 nitrogen and oxygen atoms in total. The van der Waals surface area contributed by atoms with Crippen LogP contribution in [0.5, 0.6) is 0 Å². The maximum absolute atomic E-state index is 9.70. The molecule has 0 bridgehead atoms. The number of halogens is 1. The van der Waals surface area contributed by atoms with E-state index in [1.807, 2.05) is 28.9 Å². The number of hydrogen-bond acceptors (Lipinski definition) is 3. The van der Waals surface area contributed by atoms with E-state index in [4.69, 9.17) is 0 Å². The molecule has 1 N–H and O–H groups in total. The Morgan fingerprint density at radius 3 is 2.70 bits per heavy atom. The van der Waals surface area contributed by atoms with Gasteiger partial charge in [-0.25, -0.2) is 9.67 Å². The minimum atomic E-state index is 0.0284. The van der Waals surface area contributed by atoms with Crippen molar-refractivity contribution < 1.29 is 5.11 Å². The van der Waals surface area contributed by atoms with Crippen molar-refractivity contribution in [2.24, 2.45) is 5.92 Å². The van der Waals surface area contributed by atoms with E-state index in [0.29, 0.717) is 12.3 Å². The fourth-order valence-electron chi connectivity index (χ4n) is 2.24. The lowest BCUT2D eigenvalue weighted by molar-refractivity contribution is 0.261. The number of nitrogens with zero attached hydrogens (tertiary/aromatic N) is 3. The first kappa shape index (κ1) is 15.2. The maximum atomic E-state index is 9.70. The second-order valence-electron chi connectivity index (χ2n) is 5.36. The van der Waals surface area contributed by atoms with E-state index in [2.05, 4.69) is 39.9 Å². The Bertz CT molecular complexity index is 554. The molecule has 5 heteroatoms. The van der Waals surface area contributed by atoms with Crippen LogP contribution in [0.3, 0.4) is 0 Å². The van der Waals surface area contributed by atoms with Gasteiger partial charge in [-0.15, -0.1) is 0 Å². The van der Waals surface area contributed by atoms with Crippen molar-refractivity contribution in [2.45, 2.75) is 32.7 Å². The summed E-state index contributed by atoms with van der Waals surface area (Å²) in [5.74, 6) is 1.47. The van der Waals surface area contributed by atoms with E-state index < -0.39 is 0 Å². The van der Waals surface area contributed by atoms with E-state index in [0.717, 1.165) is 22.4 Å². The van der Waals surface area contributed by atoms with Crippen LogP contribution in [0.15, 0.2) is 35.1 Å². The zero-order chi connectivity index (χ0) is 14.5. The normalized spacial score (nSPS) is 12.8. The first-order valence-electron chi connectivity index (χ1n) is 6.83. The van der Waals surface area contributed by atoms with Gasteiger partial charge in [0.25, 0.3) is 0 Å². The van der Waals surface area contributed by atoms with Crippen LogP contribution in [0, 0.1) is 5.92 Å². The third-order valence-corrected chi connectivity index (χ3v) is 3.95. The van der Waals surface area contributed by atoms with Crippen LogP contribution in [-0.4, -0.2) is 26.5 Å². The van der Waals surface area contributed by atoms with Crippen molar-refractivity contribution in [3.05, 3.63) is 46.5 Å². The quantitative estimate of drug-likeness (QED) is 0.881. The third-order valence-electron chi connectivity index (χ3n) is 3.23. The highest BCUT2D eigenvalue weighted by atomic mass is 79.9. The summed E-state index contributed by atoms with van der Waals surface area (Å²) in [5.41, 5.74) is 1.11. The number of aromatic nitrogens is 3. The minimum absolute atomic E-state index is 0.0284. The molecule has 0 amide bonds. The number of aliphatic hydroxyl groups is 1. The Kier molecular flexibility index (Phi) is 5.31. The summed E-state index contributed by atoms with van der Waals surface area (Å²) in [6.45, 7) is 5.26. The van der Waals surface area contributed by atoms with E-state index in [1.165, 1.54) is 0 Å². The first-order chi connectivity index (χ1) is 9.61. The average Bonchev–Trinajstić information content (AvgIpc) is 2.83. The monoisotopic (exact) mass is 337 g/mol. The molecule has 1 unspecified atom stereocenters. The van der Waals surface area contributed by atoms with Crippen LogP contribution in [0.2, 0.25) is 0 Å². The molecule has 2 rings (SSSR count). The van der Waals surface area contributed by atoms with Crippen LogP contribution >= 0.6 is 15.9 Å². The minimum Gasteiger partial charge on any atom is -0.396 e. The molecular weight excluding hydrogens is 318 g/mol. The van der Waals surface area contributed by atoms with Gasteiger partial charge in [0.15, 0.2) is 0 Å². The molecule has 20 heavy (non-hydrogen) atoms. The molecule has 1 aromatic heterocycles. The van der Waals surface area contributed by atoms with Gasteiger partial charge in [-0.05, 0) is 17.5 Å². The molecule has 0 aliphatic rings. The Balaban J connectivity index is 2.19. The molecule has 1 aromatic carbocycles. The predicted octanol–water partition coefficient (Wildman–Crippen LogP) is 3.02. The molecule has 1 atom stereocenters. The van der Waals surface area contributed by atoms with Crippen molar-refractivity contribution in [1.82, 2.24) is 14.8 Å². The number of rotatable bonds is 6. The Morgan fingerprint density at radius 2 is 2.05 bits per heavy atom. The van der Waals surface area contributed by atoms with Gasteiger partial charge in [-0.3, -0.25) is 0 Å². The summed E-state index contributed by atoms with van der Waals surface area (Å²) < 4.78 is 2.96. The molecule has 0 aliphatic carbocycles. The number of aliphatic hydroxyl groups excluding tert-OH is 1. The van der Waals surface area contributed by atoms with E-state index in [9.17, 15) is 5.11 Å². The molecule has 108 valence electrons. The lowest BCUT2D eigenvalue weighted by Gasteiger charge is -2.17. The van der Waals surface area contributed by atoms with Crippen molar-refractivity contribution in [2.75, 3.05) is 6.61 Å². The fourth-order valence-corrected chi connectivity index (χ4v) is 2.85. The van der Waals surface area contributed by atoms with Crippen LogP contribution in [0.1, 0.15) is 31.2 Å². The van der Waals surface area contributed by atoms with E-state index >= 15 is 0 Å². The molecule has 0 fully saturated rings. The summed E-state index contributed by atoms with van der Waals surface area (Å²) in [7, 11) is 0. The second-order valence-corrected chi connectivity index (χ2v) is 6.21. The highest BCUT2D eigenvalue weighted by molar-refractivity contribution is 9.10. The topological polar surface area (TPSA) is 50.9 Å². The van der Waals surface area contributed by atoms with E-state index in [-0.39, 0.29) is 12.5 Å². The van der Waals surface area contributed by atoms with Gasteiger partial charge in [0.05, 0.1) is 6.61 Å². The van der Waals surface area contributed by atoms with Crippen LogP contribution in [0.4, 0.5) is 0 Å². The Labute approximate surface area is 128 Å². The molecule has 0 saturated carbocycles. The maximum Gasteiger partial charge on any atom is 0.138 e. The predicted molar refractivity (Wildman–Crippen MR) is 82.5 cm³/mol. The molecule has 1 heterocycles. The summed E-state index contributed by atoms with van der Waals surface area (Å²) in [6, 6.07) is 8.00. The first-order valence-corrected chi connectivity index (χ1v) is 7.63. The summed E-state index contributed by atoms with van der Waals surface area (Å²) in [5, 5.41) is 14.0. The second kappa shape index (κ2) is 6.99. The summed E-state index contributed by atoms with van der Waals surface area (Å²) >= 11 is 3.55. The number of hydrogen-bond donors (Lipinski definition) is 1. The molecule has 0 saturated heterocycles. The zero-order valence-electron chi connectivity index (χ0n) is 11.8. The third kappa shape index (κ3) is 3.67. The standard InChI is InChI=1S/C15H20BrN3O/c1-11(2)8-19-15(17-10-18-19)7-12(9-20)13-5-3-4-6-14(13)16/h3-6,10-12,20H,7-9H2,1-2H3. The van der Waals surface area contributed by atoms with Gasteiger partial charge in [0, 0.05) is 23.4 Å². The zero-order valence-corrected chi connectivity index (χ0v) is 13.4. The summed E-state index contributed by atoms with van der Waals surface area (Å²) in [4.78, 5) is 4.34. The van der Waals surface area contributed by atoms with Gasteiger partial charge >= 0.3 is 0 Å². The van der Waals surface area contributed by atoms with Crippen LogP contribution < -0.4 is 0 Å². The van der Waals surface area contributed by atoms with Gasteiger partial charge in [-0.2, -0.15) is 5.10 Å². The summed E-state index contributed by atoms with van der Waals surface area (Å²) in [6.07, 6.45) is 2.28. The van der Waals surface area contributed by atoms with Gasteiger partial charge < -0.3 is 5.11 Å². The fraction of sp³-hybridized carbons (Fsp3) is 0.467. The highest BCUT2D eigenvalue weighted by Crippen LogP contribution is 2.27. The molecule has 0 radical (unpaired) electrons. The lowest BCUT2D eigenvalue weighted by atomic mass is 9.96. The lowest BCUT2D eigenvalue weighted by Crippen LogP contribution is -2.15. The van der Waals surface area contributed by atoms with Gasteiger partial charge in [0.1, 0.15) is 12.2 Å². The van der Waals surface area contributed by atoms with E-state index in [1.54, 1.807) is 6.33 Å². The molecule has 0 aliphatic heterocycles. The van der Waals surface area contributed by atoms with Crippen LogP contribution in [0.25, 0.3) is 0 Å². The van der Waals surface area contributed by atoms with Crippen molar-refractivity contribution in [3.8, 4) is 0 Å². The van der Waals surface area contributed by atoms with Crippen LogP contribution in [-0.2, 0) is 13.0 Å². The SMILES string of the molecule is CC(C)Cn1ncnc1CC(CO)c1ccccc1Br. The van der Waals surface area contributed by atoms with Crippen molar-refractivity contribution in [1.29, 1.82) is 0 Å². The Morgan fingerprint density at radius 1 is 1.30 bits per heavy atom.